The van der Waals surface area contributed by atoms with Crippen molar-refractivity contribution >= 4 is 67.9 Å². The minimum atomic E-state index is -0.414. The van der Waals surface area contributed by atoms with Crippen LogP contribution in [0.25, 0.3) is 22.3 Å². The Morgan fingerprint density at radius 1 is 0.545 bits per heavy atom. The number of hydrogen-bond acceptors (Lipinski definition) is 3. The van der Waals surface area contributed by atoms with Crippen LogP contribution in [0.4, 0.5) is 34.1 Å². The normalized spacial score (nSPS) is 14.7. The Morgan fingerprint density at radius 2 is 1.16 bits per heavy atom. The number of anilines is 6. The van der Waals surface area contributed by atoms with Crippen molar-refractivity contribution in [3.8, 4) is 22.3 Å². The maximum absolute atomic E-state index is 2.61. The number of fused-ring (bicyclic) bond motifs is 15. The van der Waals surface area contributed by atoms with E-state index in [1.165, 1.54) is 105 Å². The molecule has 0 saturated carbocycles. The average molecular weight is 721 g/mol. The second kappa shape index (κ2) is 11.2. The first-order valence-electron chi connectivity index (χ1n) is 19.5. The molecule has 4 aliphatic rings. The molecule has 2 aliphatic carbocycles. The van der Waals surface area contributed by atoms with E-state index in [0.29, 0.717) is 5.92 Å². The van der Waals surface area contributed by atoms with Gasteiger partial charge in [0.25, 0.3) is 6.71 Å². The van der Waals surface area contributed by atoms with Crippen LogP contribution in [0.2, 0.25) is 0 Å². The SMILES string of the molecule is Cc1ccc(N2c3cccc4c3B(c3ccccc3N4c3ccccc3)c3sc4c(c32)-c2ccc(C(C)C)cc2C42c3ccccc3-c3ccccc32)cc1. The Hall–Kier alpha value is -6.10. The minimum Gasteiger partial charge on any atom is -0.311 e. The fraction of sp³-hybridized carbons (Fsp3) is 0.0980. The number of rotatable bonds is 3. The molecule has 2 nitrogen and oxygen atoms in total. The number of benzene rings is 7. The maximum Gasteiger partial charge on any atom is 0.264 e. The van der Waals surface area contributed by atoms with Gasteiger partial charge in [-0.3, -0.25) is 0 Å². The van der Waals surface area contributed by atoms with Gasteiger partial charge >= 0.3 is 0 Å². The Morgan fingerprint density at radius 3 is 1.89 bits per heavy atom. The van der Waals surface area contributed by atoms with Gasteiger partial charge in [-0.05, 0) is 105 Å². The topological polar surface area (TPSA) is 6.48 Å². The smallest absolute Gasteiger partial charge is 0.264 e. The second-order valence-corrected chi connectivity index (χ2v) is 16.9. The summed E-state index contributed by atoms with van der Waals surface area (Å²) in [5.74, 6) is 0.419. The first-order chi connectivity index (χ1) is 27.1. The second-order valence-electron chi connectivity index (χ2n) is 15.9. The highest BCUT2D eigenvalue weighted by Gasteiger charge is 2.56. The summed E-state index contributed by atoms with van der Waals surface area (Å²) in [6, 6.07) is 62.0. The fourth-order valence-electron chi connectivity index (χ4n) is 10.4. The van der Waals surface area contributed by atoms with Crippen LogP contribution in [0, 0.1) is 6.92 Å². The molecule has 1 spiro atoms. The van der Waals surface area contributed by atoms with Crippen molar-refractivity contribution in [1.82, 2.24) is 0 Å². The summed E-state index contributed by atoms with van der Waals surface area (Å²) in [4.78, 5) is 6.54. The summed E-state index contributed by atoms with van der Waals surface area (Å²) in [6.07, 6.45) is 0. The lowest BCUT2D eigenvalue weighted by molar-refractivity contribution is 0.799. The summed E-state index contributed by atoms with van der Waals surface area (Å²) in [6.45, 7) is 6.91. The predicted molar refractivity (Wildman–Crippen MR) is 233 cm³/mol. The van der Waals surface area contributed by atoms with Gasteiger partial charge in [-0.15, -0.1) is 11.3 Å². The van der Waals surface area contributed by atoms with Crippen LogP contribution in [-0.4, -0.2) is 6.71 Å². The van der Waals surface area contributed by atoms with Gasteiger partial charge < -0.3 is 9.80 Å². The van der Waals surface area contributed by atoms with Crippen LogP contribution in [0.15, 0.2) is 164 Å². The van der Waals surface area contributed by atoms with Crippen LogP contribution < -0.4 is 25.5 Å². The first-order valence-corrected chi connectivity index (χ1v) is 20.3. The van der Waals surface area contributed by atoms with E-state index >= 15 is 0 Å². The van der Waals surface area contributed by atoms with Gasteiger partial charge in [0.05, 0.1) is 11.1 Å². The standard InChI is InChI=1S/C51H37BN2S/c1-31(2)33-26-29-38-41(30-33)51(39-18-9-7-16-36(39)37-17-8-10-19-40(37)51)49-46(38)48-50(55-49)52-42-20-11-12-21-43(42)53(34-14-5-4-6-15-34)44-22-13-23-45(47(44)52)54(48)35-27-24-32(3)25-28-35/h4-31H,1-3H3. The van der Waals surface area contributed by atoms with Crippen LogP contribution in [0.3, 0.4) is 0 Å². The number of thiophene rings is 1. The zero-order chi connectivity index (χ0) is 36.6. The predicted octanol–water partition coefficient (Wildman–Crippen LogP) is 11.6. The maximum atomic E-state index is 2.61. The molecular weight excluding hydrogens is 683 g/mol. The van der Waals surface area contributed by atoms with Gasteiger partial charge in [0.1, 0.15) is 0 Å². The molecule has 260 valence electrons. The lowest BCUT2D eigenvalue weighted by Crippen LogP contribution is -2.60. The molecule has 7 aromatic carbocycles. The van der Waals surface area contributed by atoms with Crippen molar-refractivity contribution in [2.24, 2.45) is 0 Å². The summed E-state index contributed by atoms with van der Waals surface area (Å²) < 4.78 is 1.42. The van der Waals surface area contributed by atoms with Crippen LogP contribution in [0.5, 0.6) is 0 Å². The minimum absolute atomic E-state index is 0.0805. The van der Waals surface area contributed by atoms with Gasteiger partial charge in [0.15, 0.2) is 0 Å². The third kappa shape index (κ3) is 3.95. The van der Waals surface area contributed by atoms with Gasteiger partial charge in [-0.1, -0.05) is 141 Å². The van der Waals surface area contributed by atoms with E-state index in [-0.39, 0.29) is 6.71 Å². The Balaban J connectivity index is 1.24. The fourth-order valence-corrected chi connectivity index (χ4v) is 12.0. The molecule has 0 saturated heterocycles. The van der Waals surface area contributed by atoms with Crippen molar-refractivity contribution in [3.05, 3.63) is 196 Å². The zero-order valence-corrected chi connectivity index (χ0v) is 31.9. The van der Waals surface area contributed by atoms with Crippen LogP contribution in [0.1, 0.15) is 52.5 Å². The zero-order valence-electron chi connectivity index (χ0n) is 31.0. The molecule has 0 N–H and O–H groups in total. The van der Waals surface area contributed by atoms with E-state index in [0.717, 1.165) is 0 Å². The van der Waals surface area contributed by atoms with E-state index in [2.05, 4.69) is 206 Å². The molecule has 12 rings (SSSR count). The van der Waals surface area contributed by atoms with E-state index < -0.39 is 5.41 Å². The number of hydrogen-bond donors (Lipinski definition) is 0. The summed E-state index contributed by atoms with van der Waals surface area (Å²) in [7, 11) is 0. The average Bonchev–Trinajstić information content (AvgIpc) is 3.85. The molecule has 3 heterocycles. The largest absolute Gasteiger partial charge is 0.311 e. The Labute approximate surface area is 327 Å². The van der Waals surface area contributed by atoms with Crippen molar-refractivity contribution in [3.63, 3.8) is 0 Å². The highest BCUT2D eigenvalue weighted by atomic mass is 32.1. The summed E-state index contributed by atoms with van der Waals surface area (Å²) in [5, 5.41) is 0. The Kier molecular flexibility index (Phi) is 6.38. The molecule has 1 aromatic heterocycles. The van der Waals surface area contributed by atoms with E-state index in [1.54, 1.807) is 0 Å². The molecule has 0 unspecified atom stereocenters. The van der Waals surface area contributed by atoms with E-state index in [9.17, 15) is 0 Å². The molecule has 0 fully saturated rings. The molecule has 2 aliphatic heterocycles. The van der Waals surface area contributed by atoms with Crippen molar-refractivity contribution in [1.29, 1.82) is 0 Å². The molecule has 8 aromatic rings. The van der Waals surface area contributed by atoms with Gasteiger partial charge in [-0.25, -0.2) is 0 Å². The van der Waals surface area contributed by atoms with Crippen molar-refractivity contribution < 1.29 is 0 Å². The molecule has 55 heavy (non-hydrogen) atoms. The first kappa shape index (κ1) is 31.3. The molecule has 0 atom stereocenters. The molecular formula is C51H37BN2S. The summed E-state index contributed by atoms with van der Waals surface area (Å²) in [5.41, 5.74) is 22.1. The molecule has 0 amide bonds. The van der Waals surface area contributed by atoms with Gasteiger partial charge in [0.2, 0.25) is 0 Å². The summed E-state index contributed by atoms with van der Waals surface area (Å²) >= 11 is 2.06. The van der Waals surface area contributed by atoms with Crippen LogP contribution in [-0.2, 0) is 5.41 Å². The monoisotopic (exact) mass is 720 g/mol. The number of para-hydroxylation sites is 2. The van der Waals surface area contributed by atoms with Gasteiger partial charge in [-0.2, -0.15) is 0 Å². The molecule has 4 heteroatoms. The van der Waals surface area contributed by atoms with Crippen molar-refractivity contribution in [2.75, 3.05) is 9.80 Å². The quantitative estimate of drug-likeness (QED) is 0.168. The highest BCUT2D eigenvalue weighted by molar-refractivity contribution is 7.30. The third-order valence-electron chi connectivity index (χ3n) is 12.7. The lowest BCUT2D eigenvalue weighted by Gasteiger charge is -2.43. The van der Waals surface area contributed by atoms with E-state index in [4.69, 9.17) is 0 Å². The van der Waals surface area contributed by atoms with Crippen molar-refractivity contribution in [2.45, 2.75) is 32.1 Å². The number of nitrogens with zero attached hydrogens (tertiary/aromatic N) is 2. The highest BCUT2D eigenvalue weighted by Crippen LogP contribution is 2.67. The van der Waals surface area contributed by atoms with Gasteiger partial charge in [0, 0.05) is 43.7 Å². The van der Waals surface area contributed by atoms with E-state index in [1.807, 2.05) is 0 Å². The van der Waals surface area contributed by atoms with Crippen LogP contribution >= 0.6 is 11.3 Å². The Bertz CT molecular complexity index is 2840. The molecule has 0 bridgehead atoms. The number of aryl methyl sites for hydroxylation is 1. The third-order valence-corrected chi connectivity index (χ3v) is 14.1. The molecule has 0 radical (unpaired) electrons. The lowest BCUT2D eigenvalue weighted by atomic mass is 9.36.